The van der Waals surface area contributed by atoms with E-state index in [-0.39, 0.29) is 11.9 Å². The first-order valence-corrected chi connectivity index (χ1v) is 6.23. The highest BCUT2D eigenvalue weighted by atomic mass is 79.9. The minimum Gasteiger partial charge on any atom is -0.336 e. The van der Waals surface area contributed by atoms with E-state index >= 15 is 0 Å². The Morgan fingerprint density at radius 3 is 2.69 bits per heavy atom. The van der Waals surface area contributed by atoms with Gasteiger partial charge in [0.1, 0.15) is 0 Å². The van der Waals surface area contributed by atoms with E-state index in [0.717, 1.165) is 4.47 Å². The van der Waals surface area contributed by atoms with Gasteiger partial charge in [0, 0.05) is 22.0 Å². The zero-order valence-corrected chi connectivity index (χ0v) is 11.3. The van der Waals surface area contributed by atoms with Crippen LogP contribution in [0, 0.1) is 0 Å². The monoisotopic (exact) mass is 346 g/mol. The number of hydrogen-bond donors (Lipinski definition) is 1. The minimum absolute atomic E-state index is 0.283. The number of hydrogen-bond acceptors (Lipinski definition) is 2. The molecule has 1 aromatic rings. The SMILES string of the molecule is O=C1NCCN1C(=O)c1ccc(Br)cc1Br. The van der Waals surface area contributed by atoms with Crippen LogP contribution in [-0.2, 0) is 0 Å². The smallest absolute Gasteiger partial charge is 0.324 e. The standard InChI is InChI=1S/C10H8Br2N2O2/c11-6-1-2-7(8(12)5-6)9(15)14-4-3-13-10(14)16/h1-2,5H,3-4H2,(H,13,16). The molecule has 0 radical (unpaired) electrons. The lowest BCUT2D eigenvalue weighted by molar-refractivity contribution is 0.0828. The van der Waals surface area contributed by atoms with Gasteiger partial charge in [-0.3, -0.25) is 9.69 Å². The third-order valence-corrected chi connectivity index (χ3v) is 3.41. The quantitative estimate of drug-likeness (QED) is 0.847. The minimum atomic E-state index is -0.334. The summed E-state index contributed by atoms with van der Waals surface area (Å²) in [7, 11) is 0. The molecule has 0 spiro atoms. The van der Waals surface area contributed by atoms with E-state index in [1.807, 2.05) is 0 Å². The summed E-state index contributed by atoms with van der Waals surface area (Å²) in [6, 6.07) is 4.90. The van der Waals surface area contributed by atoms with Crippen molar-refractivity contribution in [2.24, 2.45) is 0 Å². The Kier molecular flexibility index (Phi) is 3.30. The van der Waals surface area contributed by atoms with Crippen LogP contribution in [-0.4, -0.2) is 29.9 Å². The fraction of sp³-hybridized carbons (Fsp3) is 0.200. The second-order valence-corrected chi connectivity index (χ2v) is 5.08. The molecule has 1 aromatic carbocycles. The second-order valence-electron chi connectivity index (χ2n) is 3.31. The molecule has 1 heterocycles. The third kappa shape index (κ3) is 2.12. The van der Waals surface area contributed by atoms with Gasteiger partial charge in [0.15, 0.2) is 0 Å². The molecule has 0 bridgehead atoms. The van der Waals surface area contributed by atoms with Crippen LogP contribution in [0.25, 0.3) is 0 Å². The van der Waals surface area contributed by atoms with Crippen molar-refractivity contribution in [1.29, 1.82) is 0 Å². The molecule has 0 atom stereocenters. The van der Waals surface area contributed by atoms with Gasteiger partial charge in [-0.2, -0.15) is 0 Å². The number of benzene rings is 1. The first-order chi connectivity index (χ1) is 7.59. The molecule has 0 aromatic heterocycles. The molecule has 0 aliphatic carbocycles. The highest BCUT2D eigenvalue weighted by molar-refractivity contribution is 9.11. The van der Waals surface area contributed by atoms with Gasteiger partial charge in [0.25, 0.3) is 5.91 Å². The lowest BCUT2D eigenvalue weighted by Gasteiger charge is -2.13. The summed E-state index contributed by atoms with van der Waals surface area (Å²) < 4.78 is 1.55. The topological polar surface area (TPSA) is 49.4 Å². The molecular formula is C10H8Br2N2O2. The summed E-state index contributed by atoms with van der Waals surface area (Å²) in [5.41, 5.74) is 0.486. The molecule has 6 heteroatoms. The van der Waals surface area contributed by atoms with Gasteiger partial charge >= 0.3 is 6.03 Å². The summed E-state index contributed by atoms with van der Waals surface area (Å²) in [6.45, 7) is 0.929. The molecule has 84 valence electrons. The Hall–Kier alpha value is -0.880. The zero-order valence-electron chi connectivity index (χ0n) is 8.17. The lowest BCUT2D eigenvalue weighted by atomic mass is 10.2. The summed E-state index contributed by atoms with van der Waals surface area (Å²) in [4.78, 5) is 24.5. The number of imide groups is 1. The van der Waals surface area contributed by atoms with Crippen LogP contribution in [0.5, 0.6) is 0 Å². The second kappa shape index (κ2) is 4.55. The van der Waals surface area contributed by atoms with Gasteiger partial charge in [0.05, 0.1) is 5.56 Å². The van der Waals surface area contributed by atoms with Crippen molar-refractivity contribution >= 4 is 43.8 Å². The molecule has 4 nitrogen and oxygen atoms in total. The van der Waals surface area contributed by atoms with E-state index in [9.17, 15) is 9.59 Å². The molecular weight excluding hydrogens is 340 g/mol. The average Bonchev–Trinajstić information content (AvgIpc) is 2.63. The summed E-state index contributed by atoms with van der Waals surface area (Å²) >= 11 is 6.61. The summed E-state index contributed by atoms with van der Waals surface area (Å²) in [5, 5.41) is 2.59. The number of urea groups is 1. The first kappa shape index (κ1) is 11.6. The molecule has 3 amide bonds. The highest BCUT2D eigenvalue weighted by Crippen LogP contribution is 2.23. The predicted octanol–water partition coefficient (Wildman–Crippen LogP) is 2.38. The van der Waals surface area contributed by atoms with Gasteiger partial charge in [-0.1, -0.05) is 15.9 Å². The Bertz CT molecular complexity index is 462. The maximum absolute atomic E-state index is 12.0. The van der Waals surface area contributed by atoms with Crippen LogP contribution in [0.1, 0.15) is 10.4 Å². The van der Waals surface area contributed by atoms with Crippen molar-refractivity contribution < 1.29 is 9.59 Å². The molecule has 1 aliphatic heterocycles. The van der Waals surface area contributed by atoms with Gasteiger partial charge in [-0.15, -0.1) is 0 Å². The van der Waals surface area contributed by atoms with Crippen LogP contribution in [0.4, 0.5) is 4.79 Å². The van der Waals surface area contributed by atoms with E-state index in [4.69, 9.17) is 0 Å². The van der Waals surface area contributed by atoms with Crippen LogP contribution in [0.2, 0.25) is 0 Å². The fourth-order valence-electron chi connectivity index (χ4n) is 1.47. The number of rotatable bonds is 1. The van der Waals surface area contributed by atoms with E-state index in [2.05, 4.69) is 37.2 Å². The number of nitrogens with zero attached hydrogens (tertiary/aromatic N) is 1. The average molecular weight is 348 g/mol. The van der Waals surface area contributed by atoms with Crippen LogP contribution in [0.3, 0.4) is 0 Å². The van der Waals surface area contributed by atoms with Crippen molar-refractivity contribution in [2.45, 2.75) is 0 Å². The van der Waals surface area contributed by atoms with Gasteiger partial charge < -0.3 is 5.32 Å². The van der Waals surface area contributed by atoms with E-state index in [1.165, 1.54) is 4.90 Å². The molecule has 0 saturated carbocycles. The third-order valence-electron chi connectivity index (χ3n) is 2.26. The Morgan fingerprint density at radius 2 is 2.12 bits per heavy atom. The molecule has 1 aliphatic rings. The highest BCUT2D eigenvalue weighted by Gasteiger charge is 2.28. The van der Waals surface area contributed by atoms with Gasteiger partial charge in [0.2, 0.25) is 0 Å². The summed E-state index contributed by atoms with van der Waals surface area (Å²) in [5.74, 6) is -0.283. The van der Waals surface area contributed by atoms with Crippen LogP contribution >= 0.6 is 31.9 Å². The van der Waals surface area contributed by atoms with Crippen molar-refractivity contribution in [2.75, 3.05) is 13.1 Å². The van der Waals surface area contributed by atoms with E-state index in [0.29, 0.717) is 23.1 Å². The van der Waals surface area contributed by atoms with E-state index < -0.39 is 0 Å². The first-order valence-electron chi connectivity index (χ1n) is 4.64. The largest absolute Gasteiger partial charge is 0.336 e. The van der Waals surface area contributed by atoms with E-state index in [1.54, 1.807) is 18.2 Å². The number of carbonyl (C=O) groups excluding carboxylic acids is 2. The lowest BCUT2D eigenvalue weighted by Crippen LogP contribution is -2.34. The molecule has 1 saturated heterocycles. The molecule has 1 N–H and O–H groups in total. The maximum atomic E-state index is 12.0. The van der Waals surface area contributed by atoms with Crippen molar-refractivity contribution in [3.8, 4) is 0 Å². The predicted molar refractivity (Wildman–Crippen MR) is 66.3 cm³/mol. The maximum Gasteiger partial charge on any atom is 0.324 e. The van der Waals surface area contributed by atoms with Crippen molar-refractivity contribution in [1.82, 2.24) is 10.2 Å². The summed E-state index contributed by atoms with van der Waals surface area (Å²) in [6.07, 6.45) is 0. The van der Waals surface area contributed by atoms with Crippen LogP contribution < -0.4 is 5.32 Å². The molecule has 1 fully saturated rings. The Balaban J connectivity index is 2.30. The fourth-order valence-corrected chi connectivity index (χ4v) is 2.69. The number of nitrogens with one attached hydrogen (secondary N) is 1. The van der Waals surface area contributed by atoms with Crippen molar-refractivity contribution in [3.05, 3.63) is 32.7 Å². The number of amides is 3. The molecule has 0 unspecified atom stereocenters. The Labute approximate surface area is 109 Å². The molecule has 16 heavy (non-hydrogen) atoms. The molecule has 2 rings (SSSR count). The number of carbonyl (C=O) groups is 2. The van der Waals surface area contributed by atoms with Gasteiger partial charge in [-0.25, -0.2) is 4.79 Å². The zero-order chi connectivity index (χ0) is 11.7. The number of halogens is 2. The van der Waals surface area contributed by atoms with Gasteiger partial charge in [-0.05, 0) is 34.1 Å². The van der Waals surface area contributed by atoms with Crippen LogP contribution in [0.15, 0.2) is 27.1 Å². The normalized spacial score (nSPS) is 15.1. The Morgan fingerprint density at radius 1 is 1.38 bits per heavy atom. The van der Waals surface area contributed by atoms with Crippen molar-refractivity contribution in [3.63, 3.8) is 0 Å².